The Morgan fingerprint density at radius 2 is 0.989 bits per heavy atom. The third-order valence-electron chi connectivity index (χ3n) is 20.0. The average molecular weight is 1170 g/mol. The second-order valence-electron chi connectivity index (χ2n) is 25.2. The van der Waals surface area contributed by atoms with Gasteiger partial charge in [0.1, 0.15) is 22.5 Å². The number of phenolic OH excluding ortho intramolecular Hbond substituents is 2. The Labute approximate surface area is 502 Å². The molecule has 4 saturated carbocycles. The smallest absolute Gasteiger partial charge is 0.254 e. The van der Waals surface area contributed by atoms with Crippen molar-refractivity contribution in [2.24, 2.45) is 49.2 Å². The number of phenols is 2. The van der Waals surface area contributed by atoms with Crippen LogP contribution in [0, 0.1) is 29.5 Å². The maximum absolute atomic E-state index is 14.4. The van der Waals surface area contributed by atoms with E-state index < -0.39 is 5.82 Å². The molecule has 2 saturated heterocycles. The molecule has 6 fully saturated rings. The predicted octanol–water partition coefficient (Wildman–Crippen LogP) is 11.2. The number of benzene rings is 6. The highest BCUT2D eigenvalue weighted by Gasteiger charge is 2.48. The van der Waals surface area contributed by atoms with Crippen molar-refractivity contribution in [2.45, 2.75) is 88.6 Å². The molecule has 4 aliphatic carbocycles. The summed E-state index contributed by atoms with van der Waals surface area (Å²) < 4.78 is 40.4. The number of nitrogens with two attached hydrogens (primary N) is 2. The van der Waals surface area contributed by atoms with Gasteiger partial charge < -0.3 is 64.0 Å². The maximum Gasteiger partial charge on any atom is 0.254 e. The van der Waals surface area contributed by atoms with Crippen molar-refractivity contribution >= 4 is 55.7 Å². The quantitative estimate of drug-likeness (QED) is 0.0854. The molecule has 446 valence electrons. The molecule has 10 aromatic rings. The molecule has 4 bridgehead atoms. The number of rotatable bonds is 13. The van der Waals surface area contributed by atoms with E-state index >= 15 is 0 Å². The van der Waals surface area contributed by atoms with E-state index in [-0.39, 0.29) is 47.5 Å². The fraction of sp³-hybridized carbons (Fsp3) is 0.362. The van der Waals surface area contributed by atoms with Gasteiger partial charge in [-0.15, -0.1) is 0 Å². The van der Waals surface area contributed by atoms with Gasteiger partial charge in [0, 0.05) is 97.5 Å². The number of fused-ring (bicyclic) bond motifs is 8. The van der Waals surface area contributed by atoms with Crippen molar-refractivity contribution in [3.05, 3.63) is 126 Å². The predicted molar refractivity (Wildman–Crippen MR) is 334 cm³/mol. The summed E-state index contributed by atoms with van der Waals surface area (Å²) in [5.41, 5.74) is 24.8. The van der Waals surface area contributed by atoms with Gasteiger partial charge in [-0.1, -0.05) is 48.5 Å². The molecule has 6 aromatic carbocycles. The fourth-order valence-corrected chi connectivity index (χ4v) is 15.0. The van der Waals surface area contributed by atoms with E-state index in [1.54, 1.807) is 33.5 Å². The van der Waals surface area contributed by atoms with Crippen LogP contribution in [0.3, 0.4) is 0 Å². The molecule has 18 heteroatoms. The van der Waals surface area contributed by atoms with E-state index in [0.717, 1.165) is 123 Å². The van der Waals surface area contributed by atoms with Crippen LogP contribution in [0.15, 0.2) is 109 Å². The maximum atomic E-state index is 14.4. The van der Waals surface area contributed by atoms with Gasteiger partial charge in [-0.2, -0.15) is 0 Å². The summed E-state index contributed by atoms with van der Waals surface area (Å²) in [4.78, 5) is 41.6. The second-order valence-corrected chi connectivity index (χ2v) is 25.2. The SMILES string of the molecule is COc1cc(-c2cccc3cc(-c4nc5cc(C(=O)N6C[C@H]7CC[C@@H]6[C@@H]7N)cc(OC)c5n4C)n(CC4CC4)c23)ccc1O.COc1cc(C(=O)N2C[C@H]3CC[C@@H]2[C@@H]3N)cc2nc(-c3cc4cccc(-c5ccc(O)c(F)c5)c4n3CC3CC3)n(C)c12. The molecule has 0 spiro atoms. The van der Waals surface area contributed by atoms with Crippen molar-refractivity contribution in [3.63, 3.8) is 0 Å². The van der Waals surface area contributed by atoms with Gasteiger partial charge in [-0.25, -0.2) is 14.4 Å². The first-order chi connectivity index (χ1) is 42.2. The van der Waals surface area contributed by atoms with E-state index in [9.17, 15) is 24.2 Å². The molecule has 0 radical (unpaired) electrons. The van der Waals surface area contributed by atoms with Crippen molar-refractivity contribution < 1.29 is 38.4 Å². The minimum absolute atomic E-state index is 0.00290. The molecule has 6 heterocycles. The molecule has 17 nitrogen and oxygen atoms in total. The number of para-hydroxylation sites is 2. The Morgan fingerprint density at radius 1 is 0.540 bits per heavy atom. The number of imidazole rings is 2. The van der Waals surface area contributed by atoms with E-state index in [1.807, 2.05) is 77.0 Å². The molecule has 6 N–H and O–H groups in total. The number of methoxy groups -OCH3 is 3. The third-order valence-corrected chi connectivity index (χ3v) is 20.0. The summed E-state index contributed by atoms with van der Waals surface area (Å²) >= 11 is 0. The van der Waals surface area contributed by atoms with Crippen LogP contribution in [-0.2, 0) is 27.2 Å². The van der Waals surface area contributed by atoms with Crippen LogP contribution in [0.25, 0.3) is 89.2 Å². The van der Waals surface area contributed by atoms with Crippen LogP contribution in [0.5, 0.6) is 28.7 Å². The minimum atomic E-state index is -0.647. The highest BCUT2D eigenvalue weighted by molar-refractivity contribution is 6.04. The minimum Gasteiger partial charge on any atom is -0.505 e. The number of aryl methyl sites for hydroxylation is 2. The van der Waals surface area contributed by atoms with Crippen LogP contribution in [0.4, 0.5) is 4.39 Å². The number of hydrogen-bond donors (Lipinski definition) is 4. The molecule has 2 aliphatic heterocycles. The monoisotopic (exact) mass is 1170 g/mol. The number of likely N-dealkylation sites (tertiary alicyclic amines) is 2. The zero-order chi connectivity index (χ0) is 59.8. The number of carbonyl (C=O) groups is 2. The van der Waals surface area contributed by atoms with Crippen molar-refractivity contribution in [3.8, 4) is 74.0 Å². The summed E-state index contributed by atoms with van der Waals surface area (Å²) in [5.74, 6) is 4.26. The highest BCUT2D eigenvalue weighted by Crippen LogP contribution is 2.46. The number of piperidine rings is 2. The number of hydrogen-bond acceptors (Lipinski definition) is 11. The molecule has 0 unspecified atom stereocenters. The third kappa shape index (κ3) is 9.07. The normalized spacial score (nSPS) is 21.2. The van der Waals surface area contributed by atoms with E-state index in [1.165, 1.54) is 37.8 Å². The first-order valence-electron chi connectivity index (χ1n) is 30.5. The van der Waals surface area contributed by atoms with E-state index in [4.69, 9.17) is 35.6 Å². The van der Waals surface area contributed by atoms with Gasteiger partial charge in [0.25, 0.3) is 11.8 Å². The zero-order valence-corrected chi connectivity index (χ0v) is 49.5. The Bertz CT molecular complexity index is 4460. The molecular formula is C69H71FN10O7. The van der Waals surface area contributed by atoms with Crippen molar-refractivity contribution in [1.82, 2.24) is 38.0 Å². The molecule has 6 aliphatic rings. The standard InChI is InChI=1S/C35H37N5O4.C34H34FN5O3/c1-38-33-25(13-23(16-30(33)44-3)35(42)40-18-22-9-11-26(40)31(22)36)37-34(38)27-14-21-5-4-6-24(32(21)39(27)17-19-7-8-19)20-10-12-28(41)29(15-20)43-2;1-38-32-25(13-22(15-29(32)43-2)34(42)40-17-21-8-10-26(40)30(21)36)37-33(38)27-14-20-4-3-5-23(19-9-11-28(41)24(35)12-19)31(20)39(27)16-18-6-7-18/h4-6,10,12-16,19,22,26,31,41H,7-9,11,17-18,36H2,1-3H3;3-5,9,11-15,18,21,26,30,41H,6-8,10,16-17,36H2,1-2H3/t22-,26-,31-;21-,26-,30-/m11/s1. The summed E-state index contributed by atoms with van der Waals surface area (Å²) in [6, 6.07) is 34.5. The van der Waals surface area contributed by atoms with Gasteiger partial charge in [0.15, 0.2) is 34.7 Å². The van der Waals surface area contributed by atoms with E-state index in [0.29, 0.717) is 69.7 Å². The Balaban J connectivity index is 0.000000147. The molecule has 6 atom stereocenters. The Kier molecular flexibility index (Phi) is 13.2. The van der Waals surface area contributed by atoms with Crippen LogP contribution < -0.4 is 25.7 Å². The van der Waals surface area contributed by atoms with Gasteiger partial charge in [0.2, 0.25) is 0 Å². The number of halogens is 1. The number of aromatic nitrogens is 6. The summed E-state index contributed by atoms with van der Waals surface area (Å²) in [6.45, 7) is 3.12. The number of amides is 2. The fourth-order valence-electron chi connectivity index (χ4n) is 15.0. The second kappa shape index (κ2) is 20.9. The number of aromatic hydroxyl groups is 2. The molecule has 2 amide bonds. The average Bonchev–Trinajstić information content (AvgIpc) is 1.82. The topological polar surface area (TPSA) is 206 Å². The summed E-state index contributed by atoms with van der Waals surface area (Å²) in [7, 11) is 8.82. The number of carbonyl (C=O) groups excluding carboxylic acids is 2. The van der Waals surface area contributed by atoms with Crippen LogP contribution in [0.1, 0.15) is 72.1 Å². The van der Waals surface area contributed by atoms with Gasteiger partial charge in [0.05, 0.1) is 54.8 Å². The van der Waals surface area contributed by atoms with Gasteiger partial charge in [-0.3, -0.25) is 9.59 Å². The lowest BCUT2D eigenvalue weighted by Gasteiger charge is -2.27. The van der Waals surface area contributed by atoms with Crippen LogP contribution in [0.2, 0.25) is 0 Å². The van der Waals surface area contributed by atoms with Crippen LogP contribution in [-0.4, -0.2) is 119 Å². The molecule has 16 rings (SSSR count). The van der Waals surface area contributed by atoms with E-state index in [2.05, 4.69) is 50.1 Å². The van der Waals surface area contributed by atoms with Gasteiger partial charge >= 0.3 is 0 Å². The Hall–Kier alpha value is -8.87. The van der Waals surface area contributed by atoms with Crippen molar-refractivity contribution in [2.75, 3.05) is 34.4 Å². The van der Waals surface area contributed by atoms with Gasteiger partial charge in [-0.05, 0) is 147 Å². The molecule has 87 heavy (non-hydrogen) atoms. The number of nitrogens with zero attached hydrogens (tertiary/aromatic N) is 8. The molecule has 4 aromatic heterocycles. The van der Waals surface area contributed by atoms with Crippen LogP contribution >= 0.6 is 0 Å². The zero-order valence-electron chi connectivity index (χ0n) is 49.5. The summed E-state index contributed by atoms with van der Waals surface area (Å²) in [5, 5.41) is 22.2. The lowest BCUT2D eigenvalue weighted by Crippen LogP contribution is -2.41. The van der Waals surface area contributed by atoms with Crippen molar-refractivity contribution in [1.29, 1.82) is 0 Å². The first kappa shape index (κ1) is 54.8. The Morgan fingerprint density at radius 3 is 1.39 bits per heavy atom. The lowest BCUT2D eigenvalue weighted by atomic mass is 10.0. The lowest BCUT2D eigenvalue weighted by molar-refractivity contribution is 0.0693. The largest absolute Gasteiger partial charge is 0.505 e. The summed E-state index contributed by atoms with van der Waals surface area (Å²) in [6.07, 6.45) is 8.84. The highest BCUT2D eigenvalue weighted by atomic mass is 19.1. The first-order valence-corrected chi connectivity index (χ1v) is 30.5. The molecular weight excluding hydrogens is 1100 g/mol. The number of ether oxygens (including phenoxy) is 3.